The summed E-state index contributed by atoms with van der Waals surface area (Å²) in [5, 5.41) is 4.81. The van der Waals surface area contributed by atoms with Crippen LogP contribution >= 0.6 is 23.1 Å². The van der Waals surface area contributed by atoms with Crippen molar-refractivity contribution >= 4 is 45.0 Å². The highest BCUT2D eigenvalue weighted by molar-refractivity contribution is 7.99. The molecule has 1 amide bonds. The topological polar surface area (TPSA) is 95.8 Å². The maximum atomic E-state index is 12.1. The summed E-state index contributed by atoms with van der Waals surface area (Å²) in [4.78, 5) is 24.0. The van der Waals surface area contributed by atoms with E-state index in [4.69, 9.17) is 10.5 Å². The number of quaternary nitrogens is 1. The van der Waals surface area contributed by atoms with Gasteiger partial charge in [-0.05, 0) is 48.0 Å². The van der Waals surface area contributed by atoms with Gasteiger partial charge in [-0.3, -0.25) is 4.79 Å². The minimum atomic E-state index is 0.0343. The van der Waals surface area contributed by atoms with Gasteiger partial charge in [0.25, 0.3) is 5.82 Å². The van der Waals surface area contributed by atoms with Crippen molar-refractivity contribution in [2.45, 2.75) is 30.8 Å². The number of thioether (sulfide) groups is 1. The molecule has 0 saturated carbocycles. The van der Waals surface area contributed by atoms with E-state index in [0.29, 0.717) is 23.3 Å². The van der Waals surface area contributed by atoms with Crippen molar-refractivity contribution in [2.24, 2.45) is 0 Å². The third-order valence-electron chi connectivity index (χ3n) is 5.21. The third-order valence-corrected chi connectivity index (χ3v) is 7.29. The van der Waals surface area contributed by atoms with Gasteiger partial charge < -0.3 is 20.7 Å². The van der Waals surface area contributed by atoms with E-state index in [0.717, 1.165) is 55.9 Å². The van der Waals surface area contributed by atoms with Crippen LogP contribution in [0.15, 0.2) is 5.16 Å². The third kappa shape index (κ3) is 4.53. The number of nitrogens with one attached hydrogen (secondary N) is 3. The number of anilines is 1. The van der Waals surface area contributed by atoms with Crippen LogP contribution in [0.25, 0.3) is 10.2 Å². The second-order valence-electron chi connectivity index (χ2n) is 7.09. The van der Waals surface area contributed by atoms with E-state index in [1.54, 1.807) is 11.3 Å². The number of rotatable bonds is 6. The standard InChI is InChI=1S/C18H25N5O2S2/c19-16-15-12-3-1-2-4-13(12)27-17(15)22-18(21-16)26-11-14(24)20-5-6-23-7-9-25-10-8-23/h1-11H2,(H,20,24)(H2,19,21,22)/p+2. The van der Waals surface area contributed by atoms with Gasteiger partial charge >= 0.3 is 5.16 Å². The van der Waals surface area contributed by atoms with E-state index in [1.165, 1.54) is 39.9 Å². The summed E-state index contributed by atoms with van der Waals surface area (Å²) in [6.45, 7) is 5.32. The number of thiophene rings is 1. The van der Waals surface area contributed by atoms with Crippen molar-refractivity contribution in [3.05, 3.63) is 10.4 Å². The lowest BCUT2D eigenvalue weighted by Crippen LogP contribution is -3.14. The van der Waals surface area contributed by atoms with Gasteiger partial charge in [0.05, 0.1) is 32.1 Å². The van der Waals surface area contributed by atoms with Gasteiger partial charge in [0.15, 0.2) is 4.83 Å². The van der Waals surface area contributed by atoms with Crippen molar-refractivity contribution < 1.29 is 19.4 Å². The number of H-pyrrole nitrogens is 1. The SMILES string of the molecule is Nc1nc(SCC(=O)NCC[NH+]2CCOCC2)[nH+]c2sc3c(c12)CCCC3. The molecule has 1 aliphatic heterocycles. The smallest absolute Gasteiger partial charge is 0.361 e. The lowest BCUT2D eigenvalue weighted by Gasteiger charge is -2.23. The number of aromatic amines is 1. The molecule has 4 rings (SSSR count). The van der Waals surface area contributed by atoms with Crippen LogP contribution in [0.1, 0.15) is 23.3 Å². The Morgan fingerprint density at radius 2 is 2.15 bits per heavy atom. The number of ether oxygens (including phenoxy) is 1. The molecule has 9 heteroatoms. The van der Waals surface area contributed by atoms with Crippen LogP contribution in [0, 0.1) is 0 Å². The molecule has 2 aromatic rings. The number of aryl methyl sites for hydroxylation is 2. The van der Waals surface area contributed by atoms with Crippen molar-refractivity contribution in [1.82, 2.24) is 10.3 Å². The molecule has 0 spiro atoms. The quantitative estimate of drug-likeness (QED) is 0.450. The molecule has 5 N–H and O–H groups in total. The molecule has 27 heavy (non-hydrogen) atoms. The molecule has 0 radical (unpaired) electrons. The molecule has 7 nitrogen and oxygen atoms in total. The Kier molecular flexibility index (Phi) is 6.11. The fourth-order valence-electron chi connectivity index (χ4n) is 3.76. The maximum Gasteiger partial charge on any atom is 0.361 e. The molecule has 1 fully saturated rings. The summed E-state index contributed by atoms with van der Waals surface area (Å²) in [6.07, 6.45) is 4.70. The molecule has 3 heterocycles. The minimum Gasteiger partial charge on any atom is -0.370 e. The van der Waals surface area contributed by atoms with Gasteiger partial charge in [0, 0.05) is 4.88 Å². The normalized spacial score (nSPS) is 17.8. The van der Waals surface area contributed by atoms with Crippen LogP contribution in [0.5, 0.6) is 0 Å². The number of nitrogen functional groups attached to an aromatic ring is 1. The van der Waals surface area contributed by atoms with E-state index in [-0.39, 0.29) is 5.91 Å². The Balaban J connectivity index is 1.31. The van der Waals surface area contributed by atoms with Gasteiger partial charge in [-0.2, -0.15) is 0 Å². The number of hydrogen-bond acceptors (Lipinski definition) is 6. The van der Waals surface area contributed by atoms with E-state index in [1.807, 2.05) is 0 Å². The summed E-state index contributed by atoms with van der Waals surface area (Å²) >= 11 is 3.20. The van der Waals surface area contributed by atoms with Crippen molar-refractivity contribution in [1.29, 1.82) is 0 Å². The predicted octanol–water partition coefficient (Wildman–Crippen LogP) is -0.305. The van der Waals surface area contributed by atoms with E-state index in [2.05, 4.69) is 15.3 Å². The van der Waals surface area contributed by atoms with Crippen molar-refractivity contribution in [2.75, 3.05) is 50.9 Å². The van der Waals surface area contributed by atoms with Crippen LogP contribution in [-0.2, 0) is 22.4 Å². The van der Waals surface area contributed by atoms with Crippen molar-refractivity contribution in [3.8, 4) is 0 Å². The Hall–Kier alpha value is -1.42. The molecule has 1 aliphatic carbocycles. The highest BCUT2D eigenvalue weighted by Gasteiger charge is 2.24. The van der Waals surface area contributed by atoms with Crippen molar-refractivity contribution in [3.63, 3.8) is 0 Å². The van der Waals surface area contributed by atoms with Crippen LogP contribution < -0.4 is 20.9 Å². The molecule has 1 saturated heterocycles. The van der Waals surface area contributed by atoms with Gasteiger partial charge in [0.1, 0.15) is 18.5 Å². The van der Waals surface area contributed by atoms with Crippen LogP contribution in [-0.4, -0.2) is 56.0 Å². The first-order valence-corrected chi connectivity index (χ1v) is 11.4. The number of nitrogens with zero attached hydrogens (tertiary/aromatic N) is 1. The molecule has 0 unspecified atom stereocenters. The Labute approximate surface area is 167 Å². The predicted molar refractivity (Wildman–Crippen MR) is 107 cm³/mol. The number of aromatic nitrogens is 2. The highest BCUT2D eigenvalue weighted by Crippen LogP contribution is 2.37. The number of fused-ring (bicyclic) bond motifs is 3. The number of carbonyl (C=O) groups excluding carboxylic acids is 1. The monoisotopic (exact) mass is 409 g/mol. The van der Waals surface area contributed by atoms with Gasteiger partial charge in [-0.1, -0.05) is 11.3 Å². The fraction of sp³-hybridized carbons (Fsp3) is 0.611. The summed E-state index contributed by atoms with van der Waals surface area (Å²) in [6, 6.07) is 0. The zero-order valence-electron chi connectivity index (χ0n) is 15.4. The first-order valence-electron chi connectivity index (χ1n) is 9.64. The Bertz CT molecular complexity index is 820. The summed E-state index contributed by atoms with van der Waals surface area (Å²) in [7, 11) is 0. The molecule has 2 aromatic heterocycles. The Morgan fingerprint density at radius 3 is 3.00 bits per heavy atom. The summed E-state index contributed by atoms with van der Waals surface area (Å²) in [5.74, 6) is 0.965. The molecule has 0 bridgehead atoms. The van der Waals surface area contributed by atoms with E-state index in [9.17, 15) is 4.79 Å². The van der Waals surface area contributed by atoms with Gasteiger partial charge in [0.2, 0.25) is 5.91 Å². The molecule has 2 aliphatic rings. The first-order chi connectivity index (χ1) is 13.2. The lowest BCUT2D eigenvalue weighted by atomic mass is 9.97. The second kappa shape index (κ2) is 8.72. The number of nitrogens with two attached hydrogens (primary N) is 1. The lowest BCUT2D eigenvalue weighted by molar-refractivity contribution is -0.906. The van der Waals surface area contributed by atoms with Crippen LogP contribution in [0.3, 0.4) is 0 Å². The molecule has 146 valence electrons. The number of carbonyl (C=O) groups is 1. The van der Waals surface area contributed by atoms with E-state index < -0.39 is 0 Å². The Morgan fingerprint density at radius 1 is 1.33 bits per heavy atom. The average Bonchev–Trinajstić information content (AvgIpc) is 3.06. The largest absolute Gasteiger partial charge is 0.370 e. The number of amides is 1. The second-order valence-corrected chi connectivity index (χ2v) is 9.16. The van der Waals surface area contributed by atoms with Gasteiger partial charge in [-0.15, -0.1) is 0 Å². The van der Waals surface area contributed by atoms with Crippen LogP contribution in [0.4, 0.5) is 5.82 Å². The first kappa shape index (κ1) is 18.9. The average molecular weight is 410 g/mol. The zero-order chi connectivity index (χ0) is 18.6. The zero-order valence-corrected chi connectivity index (χ0v) is 17.1. The molecule has 0 aromatic carbocycles. The number of morpholine rings is 1. The molecule has 0 atom stereocenters. The number of hydrogen-bond donors (Lipinski definition) is 3. The van der Waals surface area contributed by atoms with Crippen LogP contribution in [0.2, 0.25) is 0 Å². The molecular weight excluding hydrogens is 382 g/mol. The fourth-order valence-corrected chi connectivity index (χ4v) is 5.83. The summed E-state index contributed by atoms with van der Waals surface area (Å²) < 4.78 is 5.35. The van der Waals surface area contributed by atoms with Gasteiger partial charge in [-0.25, -0.2) is 4.98 Å². The highest BCUT2D eigenvalue weighted by atomic mass is 32.2. The maximum absolute atomic E-state index is 12.1. The molecular formula is C18H27N5O2S2+2. The summed E-state index contributed by atoms with van der Waals surface area (Å²) in [5.41, 5.74) is 7.62. The van der Waals surface area contributed by atoms with E-state index >= 15 is 0 Å². The minimum absolute atomic E-state index is 0.0343.